The second-order valence-electron chi connectivity index (χ2n) is 5.26. The van der Waals surface area contributed by atoms with Crippen molar-refractivity contribution in [1.82, 2.24) is 9.88 Å². The number of amides is 1. The van der Waals surface area contributed by atoms with Crippen molar-refractivity contribution in [3.05, 3.63) is 16.1 Å². The molecule has 1 fully saturated rings. The van der Waals surface area contributed by atoms with Crippen LogP contribution in [0.5, 0.6) is 0 Å². The Kier molecular flexibility index (Phi) is 4.54. The number of carbonyl (C=O) groups excluding carboxylic acids is 1. The summed E-state index contributed by atoms with van der Waals surface area (Å²) in [5, 5.41) is 13.0. The molecule has 0 radical (unpaired) electrons. The highest BCUT2D eigenvalue weighted by Gasteiger charge is 2.33. The maximum absolute atomic E-state index is 12.2. The largest absolute Gasteiger partial charge is 0.388 e. The van der Waals surface area contributed by atoms with Gasteiger partial charge in [0.15, 0.2) is 0 Å². The van der Waals surface area contributed by atoms with Gasteiger partial charge in [0, 0.05) is 25.4 Å². The number of hydrogen-bond donors (Lipinski definition) is 2. The molecular formula is C13H21N3O2S. The molecule has 1 aliphatic rings. The molecule has 3 N–H and O–H groups in total. The Morgan fingerprint density at radius 1 is 1.58 bits per heavy atom. The smallest absolute Gasteiger partial charge is 0.273 e. The van der Waals surface area contributed by atoms with Gasteiger partial charge in [-0.15, -0.1) is 11.3 Å². The van der Waals surface area contributed by atoms with E-state index in [0.29, 0.717) is 25.2 Å². The first-order chi connectivity index (χ1) is 9.04. The molecule has 1 saturated carbocycles. The van der Waals surface area contributed by atoms with Crippen LogP contribution >= 0.6 is 11.3 Å². The molecule has 6 heteroatoms. The van der Waals surface area contributed by atoms with E-state index in [1.165, 1.54) is 11.3 Å². The van der Waals surface area contributed by atoms with Crippen molar-refractivity contribution in [3.63, 3.8) is 0 Å². The van der Waals surface area contributed by atoms with Crippen molar-refractivity contribution in [3.8, 4) is 0 Å². The summed E-state index contributed by atoms with van der Waals surface area (Å²) in [5.74, 6) is -0.125. The van der Waals surface area contributed by atoms with Crippen LogP contribution < -0.4 is 5.73 Å². The van der Waals surface area contributed by atoms with Crippen LogP contribution in [0, 0.1) is 0 Å². The molecule has 0 aromatic carbocycles. The summed E-state index contributed by atoms with van der Waals surface area (Å²) in [4.78, 5) is 18.1. The molecule has 1 aromatic heterocycles. The van der Waals surface area contributed by atoms with Crippen molar-refractivity contribution in [1.29, 1.82) is 0 Å². The van der Waals surface area contributed by atoms with Crippen LogP contribution in [0.1, 0.15) is 41.2 Å². The number of hydrogen-bond acceptors (Lipinski definition) is 5. The Morgan fingerprint density at radius 3 is 2.89 bits per heavy atom. The summed E-state index contributed by atoms with van der Waals surface area (Å²) in [6.45, 7) is 0.923. The zero-order valence-corrected chi connectivity index (χ0v) is 12.1. The van der Waals surface area contributed by atoms with Gasteiger partial charge in [-0.3, -0.25) is 4.79 Å². The summed E-state index contributed by atoms with van der Waals surface area (Å²) in [6, 6.07) is 0. The van der Waals surface area contributed by atoms with E-state index in [1.54, 1.807) is 17.3 Å². The second-order valence-corrected chi connectivity index (χ2v) is 6.20. The Balaban J connectivity index is 1.97. The zero-order valence-electron chi connectivity index (χ0n) is 11.3. The van der Waals surface area contributed by atoms with Crippen LogP contribution in [0.3, 0.4) is 0 Å². The molecule has 5 nitrogen and oxygen atoms in total. The highest BCUT2D eigenvalue weighted by atomic mass is 32.1. The van der Waals surface area contributed by atoms with E-state index < -0.39 is 5.60 Å². The van der Waals surface area contributed by atoms with Gasteiger partial charge in [0.2, 0.25) is 0 Å². The standard InChI is InChI=1S/C13H21N3O2S/c1-16(9-13(18)5-2-3-6-13)12(17)10-8-19-11(15-10)4-7-14/h8,18H,2-7,9,14H2,1H3. The number of likely N-dealkylation sites (N-methyl/N-ethyl adjacent to an activating group) is 1. The number of rotatable bonds is 5. The van der Waals surface area contributed by atoms with E-state index in [2.05, 4.69) is 4.98 Å². The SMILES string of the molecule is CN(CC1(O)CCCC1)C(=O)c1csc(CCN)n1. The van der Waals surface area contributed by atoms with E-state index in [1.807, 2.05) is 0 Å². The first kappa shape index (κ1) is 14.4. The van der Waals surface area contributed by atoms with Crippen LogP contribution in [0.4, 0.5) is 0 Å². The molecule has 1 amide bonds. The molecule has 106 valence electrons. The molecule has 0 aliphatic heterocycles. The molecule has 0 unspecified atom stereocenters. The molecule has 0 saturated heterocycles. The lowest BCUT2D eigenvalue weighted by Crippen LogP contribution is -2.42. The van der Waals surface area contributed by atoms with Gasteiger partial charge in [-0.25, -0.2) is 4.98 Å². The molecule has 2 rings (SSSR count). The number of carbonyl (C=O) groups is 1. The Hall–Kier alpha value is -0.980. The van der Waals surface area contributed by atoms with E-state index in [4.69, 9.17) is 5.73 Å². The monoisotopic (exact) mass is 283 g/mol. The van der Waals surface area contributed by atoms with E-state index in [-0.39, 0.29) is 5.91 Å². The highest BCUT2D eigenvalue weighted by molar-refractivity contribution is 7.09. The average molecular weight is 283 g/mol. The fourth-order valence-electron chi connectivity index (χ4n) is 2.55. The molecule has 19 heavy (non-hydrogen) atoms. The zero-order chi connectivity index (χ0) is 13.9. The molecule has 1 heterocycles. The van der Waals surface area contributed by atoms with Crippen LogP contribution in [-0.4, -0.2) is 46.6 Å². The summed E-state index contributed by atoms with van der Waals surface area (Å²) < 4.78 is 0. The van der Waals surface area contributed by atoms with Crippen molar-refractivity contribution in [2.24, 2.45) is 5.73 Å². The van der Waals surface area contributed by atoms with Gasteiger partial charge in [0.1, 0.15) is 5.69 Å². The maximum atomic E-state index is 12.2. The minimum atomic E-state index is -0.708. The van der Waals surface area contributed by atoms with Crippen LogP contribution in [0.2, 0.25) is 0 Å². The van der Waals surface area contributed by atoms with Crippen molar-refractivity contribution < 1.29 is 9.90 Å². The average Bonchev–Trinajstić information content (AvgIpc) is 2.98. The third-order valence-electron chi connectivity index (χ3n) is 3.54. The third-order valence-corrected chi connectivity index (χ3v) is 4.45. The molecule has 1 aromatic rings. The van der Waals surface area contributed by atoms with Gasteiger partial charge < -0.3 is 15.7 Å². The van der Waals surface area contributed by atoms with Gasteiger partial charge in [-0.1, -0.05) is 12.8 Å². The summed E-state index contributed by atoms with van der Waals surface area (Å²) in [5.41, 5.74) is 5.22. The maximum Gasteiger partial charge on any atom is 0.273 e. The lowest BCUT2D eigenvalue weighted by atomic mass is 10.0. The topological polar surface area (TPSA) is 79.5 Å². The number of nitrogens with two attached hydrogens (primary N) is 1. The number of thiazole rings is 1. The summed E-state index contributed by atoms with van der Waals surface area (Å²) in [6.07, 6.45) is 4.33. The van der Waals surface area contributed by atoms with Crippen molar-refractivity contribution in [2.75, 3.05) is 20.1 Å². The lowest BCUT2D eigenvalue weighted by Gasteiger charge is -2.28. The minimum absolute atomic E-state index is 0.125. The Labute approximate surface area is 117 Å². The molecule has 0 spiro atoms. The van der Waals surface area contributed by atoms with Gasteiger partial charge in [-0.05, 0) is 19.4 Å². The van der Waals surface area contributed by atoms with Crippen LogP contribution in [0.25, 0.3) is 0 Å². The third kappa shape index (κ3) is 3.52. The van der Waals surface area contributed by atoms with Crippen LogP contribution in [0.15, 0.2) is 5.38 Å². The number of aliphatic hydroxyl groups is 1. The molecule has 1 aliphatic carbocycles. The quantitative estimate of drug-likeness (QED) is 0.845. The van der Waals surface area contributed by atoms with Crippen molar-refractivity contribution >= 4 is 17.2 Å². The van der Waals surface area contributed by atoms with Gasteiger partial charge in [0.05, 0.1) is 10.6 Å². The molecular weight excluding hydrogens is 262 g/mol. The Bertz CT molecular complexity index is 441. The highest BCUT2D eigenvalue weighted by Crippen LogP contribution is 2.30. The van der Waals surface area contributed by atoms with E-state index >= 15 is 0 Å². The second kappa shape index (κ2) is 5.98. The normalized spacial score (nSPS) is 17.6. The van der Waals surface area contributed by atoms with Crippen LogP contribution in [-0.2, 0) is 6.42 Å². The van der Waals surface area contributed by atoms with Crippen molar-refractivity contribution in [2.45, 2.75) is 37.7 Å². The lowest BCUT2D eigenvalue weighted by molar-refractivity contribution is 0.0155. The van der Waals surface area contributed by atoms with E-state index in [9.17, 15) is 9.90 Å². The predicted octanol–water partition coefficient (Wildman–Crippen LogP) is 1.02. The predicted molar refractivity (Wildman–Crippen MR) is 75.3 cm³/mol. The minimum Gasteiger partial charge on any atom is -0.388 e. The van der Waals surface area contributed by atoms with E-state index in [0.717, 1.165) is 30.7 Å². The fourth-order valence-corrected chi connectivity index (χ4v) is 3.34. The number of nitrogens with zero attached hydrogens (tertiary/aromatic N) is 2. The number of aromatic nitrogens is 1. The van der Waals surface area contributed by atoms with Gasteiger partial charge in [-0.2, -0.15) is 0 Å². The first-order valence-corrected chi connectivity index (χ1v) is 7.54. The summed E-state index contributed by atoms with van der Waals surface area (Å²) >= 11 is 1.46. The first-order valence-electron chi connectivity index (χ1n) is 6.66. The fraction of sp³-hybridized carbons (Fsp3) is 0.692. The van der Waals surface area contributed by atoms with Gasteiger partial charge >= 0.3 is 0 Å². The van der Waals surface area contributed by atoms with Gasteiger partial charge in [0.25, 0.3) is 5.91 Å². The molecule has 0 atom stereocenters. The molecule has 0 bridgehead atoms. The Morgan fingerprint density at radius 2 is 2.26 bits per heavy atom. The summed E-state index contributed by atoms with van der Waals surface area (Å²) in [7, 11) is 1.72.